The minimum Gasteiger partial charge on any atom is -0.449 e. The normalized spacial score (nSPS) is 10.9. The summed E-state index contributed by atoms with van der Waals surface area (Å²) in [6.07, 6.45) is 0. The highest BCUT2D eigenvalue weighted by atomic mass is 127. The van der Waals surface area contributed by atoms with E-state index >= 15 is 0 Å². The van der Waals surface area contributed by atoms with Gasteiger partial charge < -0.3 is 4.42 Å². The molecule has 0 atom stereocenters. The van der Waals surface area contributed by atoms with E-state index in [1.807, 2.05) is 18.2 Å². The zero-order chi connectivity index (χ0) is 8.72. The van der Waals surface area contributed by atoms with Crippen molar-refractivity contribution < 1.29 is 4.42 Å². The molecule has 0 unspecified atom stereocenters. The molecule has 1 nitrogen and oxygen atoms in total. The second kappa shape index (κ2) is 3.12. The van der Waals surface area contributed by atoms with Crippen LogP contribution in [-0.2, 0) is 0 Å². The lowest BCUT2D eigenvalue weighted by molar-refractivity contribution is 0.516. The molecule has 0 saturated heterocycles. The van der Waals surface area contributed by atoms with Crippen LogP contribution in [0.3, 0.4) is 0 Å². The minimum atomic E-state index is 0.616. The highest BCUT2D eigenvalue weighted by Gasteiger charge is 2.05. The molecule has 0 spiro atoms. The van der Waals surface area contributed by atoms with Gasteiger partial charge in [-0.25, -0.2) is 0 Å². The van der Waals surface area contributed by atoms with Crippen LogP contribution in [0.2, 0.25) is 5.02 Å². The molecule has 0 bridgehead atoms. The molecular weight excluding hydrogens is 307 g/mol. The summed E-state index contributed by atoms with van der Waals surface area (Å²) in [5.41, 5.74) is 0.852. The van der Waals surface area contributed by atoms with E-state index in [-0.39, 0.29) is 0 Å². The third kappa shape index (κ3) is 1.45. The molecule has 1 aromatic heterocycles. The Kier molecular flexibility index (Phi) is 2.27. The fourth-order valence-electron chi connectivity index (χ4n) is 1.06. The van der Waals surface area contributed by atoms with Gasteiger partial charge in [-0.15, -0.1) is 12.6 Å². The number of hydrogen-bond acceptors (Lipinski definition) is 2. The van der Waals surface area contributed by atoms with Crippen molar-refractivity contribution in [1.82, 2.24) is 0 Å². The number of furan rings is 1. The summed E-state index contributed by atoms with van der Waals surface area (Å²) >= 11 is 12.2. The van der Waals surface area contributed by atoms with Crippen molar-refractivity contribution in [2.24, 2.45) is 0 Å². The van der Waals surface area contributed by atoms with Crippen LogP contribution in [0.5, 0.6) is 0 Å². The van der Waals surface area contributed by atoms with Crippen molar-refractivity contribution in [2.75, 3.05) is 0 Å². The molecule has 62 valence electrons. The van der Waals surface area contributed by atoms with Crippen molar-refractivity contribution >= 4 is 57.8 Å². The van der Waals surface area contributed by atoms with Gasteiger partial charge in [-0.3, -0.25) is 0 Å². The van der Waals surface area contributed by atoms with Crippen LogP contribution in [0.1, 0.15) is 0 Å². The maximum atomic E-state index is 5.86. The summed E-state index contributed by atoms with van der Waals surface area (Å²) in [7, 11) is 0. The SMILES string of the molecule is Sc1cc2cc(Cl)cc(I)c2o1. The molecule has 0 amide bonds. The molecular formula is C8H4ClIOS. The van der Waals surface area contributed by atoms with E-state index in [0.717, 1.165) is 19.6 Å². The molecule has 0 fully saturated rings. The fourth-order valence-corrected chi connectivity index (χ4v) is 2.46. The average molecular weight is 311 g/mol. The Labute approximate surface area is 93.6 Å². The van der Waals surface area contributed by atoms with E-state index in [0.29, 0.717) is 5.09 Å². The average Bonchev–Trinajstić information content (AvgIpc) is 2.29. The Morgan fingerprint density at radius 3 is 2.83 bits per heavy atom. The molecule has 0 aliphatic rings. The summed E-state index contributed by atoms with van der Waals surface area (Å²) in [6, 6.07) is 5.58. The standard InChI is InChI=1S/C8H4ClIOS/c9-5-1-4-2-7(12)11-8(4)6(10)3-5/h1-3,12H. The Bertz CT molecular complexity index is 438. The molecule has 4 heteroatoms. The van der Waals surface area contributed by atoms with Gasteiger partial charge in [-0.1, -0.05) is 11.6 Å². The van der Waals surface area contributed by atoms with Crippen LogP contribution < -0.4 is 0 Å². The summed E-state index contributed by atoms with van der Waals surface area (Å²) in [5, 5.41) is 2.34. The molecule has 0 aliphatic heterocycles. The fraction of sp³-hybridized carbons (Fsp3) is 0. The number of hydrogen-bond donors (Lipinski definition) is 1. The second-order valence-corrected chi connectivity index (χ2v) is 4.43. The summed E-state index contributed by atoms with van der Waals surface area (Å²) < 4.78 is 6.36. The summed E-state index contributed by atoms with van der Waals surface area (Å²) in [5.74, 6) is 0. The largest absolute Gasteiger partial charge is 0.449 e. The van der Waals surface area contributed by atoms with Gasteiger partial charge in [0.15, 0.2) is 5.09 Å². The summed E-state index contributed by atoms with van der Waals surface area (Å²) in [6.45, 7) is 0. The van der Waals surface area contributed by atoms with Crippen molar-refractivity contribution in [3.8, 4) is 0 Å². The van der Waals surface area contributed by atoms with Crippen LogP contribution in [0, 0.1) is 3.57 Å². The zero-order valence-electron chi connectivity index (χ0n) is 5.84. The monoisotopic (exact) mass is 310 g/mol. The van der Waals surface area contributed by atoms with Gasteiger partial charge in [0.25, 0.3) is 0 Å². The van der Waals surface area contributed by atoms with Gasteiger partial charge in [0.1, 0.15) is 5.58 Å². The van der Waals surface area contributed by atoms with Crippen LogP contribution in [0.25, 0.3) is 11.0 Å². The van der Waals surface area contributed by atoms with Crippen LogP contribution in [0.4, 0.5) is 0 Å². The Hall–Kier alpha value is 0.130. The first-order valence-electron chi connectivity index (χ1n) is 3.24. The maximum Gasteiger partial charge on any atom is 0.158 e. The van der Waals surface area contributed by atoms with E-state index in [1.165, 1.54) is 0 Å². The minimum absolute atomic E-state index is 0.616. The molecule has 2 rings (SSSR count). The number of halogens is 2. The quantitative estimate of drug-likeness (QED) is 0.574. The van der Waals surface area contributed by atoms with Crippen molar-refractivity contribution in [3.05, 3.63) is 26.8 Å². The highest BCUT2D eigenvalue weighted by Crippen LogP contribution is 2.29. The number of rotatable bonds is 0. The topological polar surface area (TPSA) is 13.1 Å². The van der Waals surface area contributed by atoms with Gasteiger partial charge in [-0.05, 0) is 40.8 Å². The molecule has 1 heterocycles. The third-order valence-electron chi connectivity index (χ3n) is 1.52. The van der Waals surface area contributed by atoms with Gasteiger partial charge >= 0.3 is 0 Å². The molecule has 12 heavy (non-hydrogen) atoms. The molecule has 2 aromatic rings. The number of thiol groups is 1. The predicted molar refractivity (Wildman–Crippen MR) is 61.2 cm³/mol. The lowest BCUT2D eigenvalue weighted by Gasteiger charge is -1.93. The van der Waals surface area contributed by atoms with E-state index in [2.05, 4.69) is 35.2 Å². The number of benzene rings is 1. The Balaban J connectivity index is 2.88. The van der Waals surface area contributed by atoms with Crippen LogP contribution in [-0.4, -0.2) is 0 Å². The third-order valence-corrected chi connectivity index (χ3v) is 2.76. The van der Waals surface area contributed by atoms with Crippen molar-refractivity contribution in [1.29, 1.82) is 0 Å². The predicted octanol–water partition coefficient (Wildman–Crippen LogP) is 3.98. The lowest BCUT2D eigenvalue weighted by atomic mass is 10.3. The van der Waals surface area contributed by atoms with Crippen molar-refractivity contribution in [3.63, 3.8) is 0 Å². The van der Waals surface area contributed by atoms with Gasteiger partial charge in [0.05, 0.1) is 3.57 Å². The van der Waals surface area contributed by atoms with Crippen molar-refractivity contribution in [2.45, 2.75) is 5.09 Å². The lowest BCUT2D eigenvalue weighted by Crippen LogP contribution is -1.71. The van der Waals surface area contributed by atoms with Crippen LogP contribution in [0.15, 0.2) is 27.7 Å². The van der Waals surface area contributed by atoms with E-state index < -0.39 is 0 Å². The number of fused-ring (bicyclic) bond motifs is 1. The molecule has 0 radical (unpaired) electrons. The van der Waals surface area contributed by atoms with E-state index in [1.54, 1.807) is 0 Å². The van der Waals surface area contributed by atoms with E-state index in [9.17, 15) is 0 Å². The molecule has 0 aliphatic carbocycles. The maximum absolute atomic E-state index is 5.86. The smallest absolute Gasteiger partial charge is 0.158 e. The second-order valence-electron chi connectivity index (χ2n) is 2.39. The Morgan fingerprint density at radius 1 is 1.33 bits per heavy atom. The van der Waals surface area contributed by atoms with Gasteiger partial charge in [-0.2, -0.15) is 0 Å². The van der Waals surface area contributed by atoms with Gasteiger partial charge in [0, 0.05) is 10.4 Å². The summed E-state index contributed by atoms with van der Waals surface area (Å²) in [4.78, 5) is 0. The highest BCUT2D eigenvalue weighted by molar-refractivity contribution is 14.1. The van der Waals surface area contributed by atoms with Gasteiger partial charge in [0.2, 0.25) is 0 Å². The molecule has 0 N–H and O–H groups in total. The van der Waals surface area contributed by atoms with Crippen LogP contribution >= 0.6 is 46.8 Å². The first-order chi connectivity index (χ1) is 5.66. The first kappa shape index (κ1) is 8.72. The zero-order valence-corrected chi connectivity index (χ0v) is 9.65. The molecule has 1 aromatic carbocycles. The Morgan fingerprint density at radius 2 is 2.08 bits per heavy atom. The molecule has 0 saturated carbocycles. The van der Waals surface area contributed by atoms with E-state index in [4.69, 9.17) is 16.0 Å². The first-order valence-corrected chi connectivity index (χ1v) is 5.15.